The number of hydrogen-bond donors (Lipinski definition) is 2. The van der Waals surface area contributed by atoms with Crippen LogP contribution in [0.5, 0.6) is 0 Å². The van der Waals surface area contributed by atoms with E-state index in [1.165, 1.54) is 18.3 Å². The van der Waals surface area contributed by atoms with Crippen molar-refractivity contribution in [3.05, 3.63) is 56.4 Å². The van der Waals surface area contributed by atoms with Gasteiger partial charge in [0.25, 0.3) is 11.5 Å². The Bertz CT molecular complexity index is 929. The molecule has 144 valence electrons. The molecule has 0 unspecified atom stereocenters. The Morgan fingerprint density at radius 3 is 2.74 bits per heavy atom. The molecule has 0 bridgehead atoms. The molecule has 1 aliphatic rings. The van der Waals surface area contributed by atoms with E-state index in [1.807, 2.05) is 0 Å². The van der Waals surface area contributed by atoms with Gasteiger partial charge in [0.2, 0.25) is 5.82 Å². The van der Waals surface area contributed by atoms with E-state index in [-0.39, 0.29) is 17.8 Å². The fraction of sp³-hybridized carbons (Fsp3) is 0.333. The van der Waals surface area contributed by atoms with E-state index >= 15 is 0 Å². The van der Waals surface area contributed by atoms with Crippen LogP contribution in [0.4, 0.5) is 20.2 Å². The Balaban J connectivity index is 1.95. The maximum atomic E-state index is 14.7. The third kappa shape index (κ3) is 4.54. The van der Waals surface area contributed by atoms with Crippen molar-refractivity contribution in [3.8, 4) is 0 Å². The van der Waals surface area contributed by atoms with Gasteiger partial charge in [0.1, 0.15) is 5.82 Å². The van der Waals surface area contributed by atoms with Gasteiger partial charge in [-0.05, 0) is 43.9 Å². The van der Waals surface area contributed by atoms with Crippen molar-refractivity contribution in [1.82, 2.24) is 10.0 Å². The molecule has 1 heterocycles. The summed E-state index contributed by atoms with van der Waals surface area (Å²) in [5.74, 6) is -2.15. The van der Waals surface area contributed by atoms with Gasteiger partial charge in [-0.3, -0.25) is 14.4 Å². The van der Waals surface area contributed by atoms with Crippen LogP contribution in [-0.4, -0.2) is 17.1 Å². The monoisotopic (exact) mass is 441 g/mol. The molecular formula is C18H18BrF2N3O3. The number of carbonyl (C=O) groups is 1. The van der Waals surface area contributed by atoms with Gasteiger partial charge in [0.05, 0.1) is 23.5 Å². The molecule has 1 aliphatic carbocycles. The predicted molar refractivity (Wildman–Crippen MR) is 99.9 cm³/mol. The second-order valence-electron chi connectivity index (χ2n) is 6.26. The Hall–Kier alpha value is -2.26. The van der Waals surface area contributed by atoms with Crippen molar-refractivity contribution in [1.29, 1.82) is 0 Å². The zero-order valence-corrected chi connectivity index (χ0v) is 16.1. The molecule has 1 saturated carbocycles. The van der Waals surface area contributed by atoms with Gasteiger partial charge in [-0.2, -0.15) is 4.39 Å². The molecule has 0 atom stereocenters. The van der Waals surface area contributed by atoms with E-state index in [1.54, 1.807) is 13.0 Å². The van der Waals surface area contributed by atoms with Crippen LogP contribution < -0.4 is 16.4 Å². The average molecular weight is 442 g/mol. The zero-order valence-electron chi connectivity index (χ0n) is 14.5. The number of nitrogens with zero attached hydrogens (tertiary/aromatic N) is 1. The van der Waals surface area contributed by atoms with Crippen LogP contribution >= 0.6 is 15.9 Å². The molecule has 9 heteroatoms. The minimum atomic E-state index is -1.17. The van der Waals surface area contributed by atoms with E-state index in [0.29, 0.717) is 17.0 Å². The lowest BCUT2D eigenvalue weighted by Crippen LogP contribution is -2.30. The topological polar surface area (TPSA) is 72.4 Å². The number of halogens is 3. The predicted octanol–water partition coefficient (Wildman–Crippen LogP) is 3.72. The lowest BCUT2D eigenvalue weighted by molar-refractivity contribution is 0.0270. The highest BCUT2D eigenvalue weighted by atomic mass is 79.9. The molecule has 1 amide bonds. The van der Waals surface area contributed by atoms with Crippen molar-refractivity contribution in [3.63, 3.8) is 0 Å². The summed E-state index contributed by atoms with van der Waals surface area (Å²) in [4.78, 5) is 29.7. The highest BCUT2D eigenvalue weighted by Gasteiger charge is 2.24. The van der Waals surface area contributed by atoms with Crippen molar-refractivity contribution in [2.75, 3.05) is 11.9 Å². The van der Waals surface area contributed by atoms with E-state index in [4.69, 9.17) is 4.84 Å². The lowest BCUT2D eigenvalue weighted by atomic mass is 10.2. The first-order chi connectivity index (χ1) is 12.9. The summed E-state index contributed by atoms with van der Waals surface area (Å²) >= 11 is 3.13. The minimum absolute atomic E-state index is 0.0707. The number of aryl methyl sites for hydroxylation is 1. The van der Waals surface area contributed by atoms with E-state index < -0.39 is 28.8 Å². The fourth-order valence-corrected chi connectivity index (χ4v) is 2.78. The fourth-order valence-electron chi connectivity index (χ4n) is 2.45. The first kappa shape index (κ1) is 19.5. The maximum Gasteiger partial charge on any atom is 0.288 e. The number of carbonyl (C=O) groups excluding carboxylic acids is 1. The molecule has 0 radical (unpaired) electrons. The van der Waals surface area contributed by atoms with E-state index in [0.717, 1.165) is 17.4 Å². The maximum absolute atomic E-state index is 14.7. The smallest absolute Gasteiger partial charge is 0.288 e. The summed E-state index contributed by atoms with van der Waals surface area (Å²) < 4.78 is 30.4. The Morgan fingerprint density at radius 1 is 1.37 bits per heavy atom. The molecule has 1 fully saturated rings. The quantitative estimate of drug-likeness (QED) is 0.642. The third-order valence-corrected chi connectivity index (χ3v) is 4.67. The zero-order chi connectivity index (χ0) is 19.6. The second kappa shape index (κ2) is 8.18. The van der Waals surface area contributed by atoms with E-state index in [9.17, 15) is 18.4 Å². The number of benzene rings is 1. The van der Waals surface area contributed by atoms with Crippen LogP contribution in [0.2, 0.25) is 0 Å². The number of hydroxylamine groups is 1. The molecule has 27 heavy (non-hydrogen) atoms. The Labute approximate surface area is 162 Å². The van der Waals surface area contributed by atoms with Gasteiger partial charge in [0, 0.05) is 17.2 Å². The highest BCUT2D eigenvalue weighted by Crippen LogP contribution is 2.29. The molecule has 2 N–H and O–H groups in total. The molecule has 0 spiro atoms. The summed E-state index contributed by atoms with van der Waals surface area (Å²) in [6.07, 6.45) is 3.31. The summed E-state index contributed by atoms with van der Waals surface area (Å²) in [5, 5.41) is 2.52. The van der Waals surface area contributed by atoms with Gasteiger partial charge in [-0.25, -0.2) is 9.87 Å². The second-order valence-corrected chi connectivity index (χ2v) is 7.17. The Morgan fingerprint density at radius 2 is 2.11 bits per heavy atom. The summed E-state index contributed by atoms with van der Waals surface area (Å²) in [7, 11) is 0. The molecule has 3 rings (SSSR count). The number of nitrogens with one attached hydrogen (secondary N) is 2. The first-order valence-electron chi connectivity index (χ1n) is 8.47. The van der Waals surface area contributed by atoms with Gasteiger partial charge < -0.3 is 9.88 Å². The summed E-state index contributed by atoms with van der Waals surface area (Å²) in [6.45, 7) is 2.19. The van der Waals surface area contributed by atoms with Gasteiger partial charge in [-0.1, -0.05) is 15.9 Å². The molecule has 0 saturated heterocycles. The van der Waals surface area contributed by atoms with Crippen LogP contribution in [-0.2, 0) is 11.4 Å². The molecule has 2 aromatic rings. The molecule has 0 aliphatic heterocycles. The molecule has 6 nitrogen and oxygen atoms in total. The number of amides is 1. The molecule has 1 aromatic heterocycles. The number of aromatic nitrogens is 1. The lowest BCUT2D eigenvalue weighted by Gasteiger charge is -2.15. The van der Waals surface area contributed by atoms with Gasteiger partial charge in [-0.15, -0.1) is 0 Å². The van der Waals surface area contributed by atoms with Gasteiger partial charge >= 0.3 is 0 Å². The summed E-state index contributed by atoms with van der Waals surface area (Å²) in [6, 6.07) is 4.11. The first-order valence-corrected chi connectivity index (χ1v) is 9.27. The van der Waals surface area contributed by atoms with Crippen LogP contribution in [0.3, 0.4) is 0 Å². The van der Waals surface area contributed by atoms with Crippen molar-refractivity contribution < 1.29 is 18.4 Å². The van der Waals surface area contributed by atoms with Crippen molar-refractivity contribution >= 4 is 33.2 Å². The van der Waals surface area contributed by atoms with Crippen molar-refractivity contribution in [2.45, 2.75) is 26.3 Å². The number of anilines is 2. The number of hydrogen-bond acceptors (Lipinski definition) is 4. The van der Waals surface area contributed by atoms with Crippen LogP contribution in [0.1, 0.15) is 30.1 Å². The van der Waals surface area contributed by atoms with Crippen LogP contribution in [0.25, 0.3) is 0 Å². The van der Waals surface area contributed by atoms with Crippen LogP contribution in [0, 0.1) is 17.6 Å². The van der Waals surface area contributed by atoms with Gasteiger partial charge in [0.15, 0.2) is 0 Å². The standard InChI is InChI=1S/C18H18BrF2N3O3/c1-2-24-8-12(17(25)23-27-9-10-3-4-10)16(15(21)18(24)26)22-14-6-5-11(19)7-13(14)20/h5-8,10,22H,2-4,9H2,1H3,(H,23,25). The van der Waals surface area contributed by atoms with Crippen molar-refractivity contribution in [2.24, 2.45) is 5.92 Å². The highest BCUT2D eigenvalue weighted by molar-refractivity contribution is 9.10. The van der Waals surface area contributed by atoms with Crippen LogP contribution in [0.15, 0.2) is 33.7 Å². The molecule has 1 aromatic carbocycles. The number of pyridine rings is 1. The largest absolute Gasteiger partial charge is 0.350 e. The molecular weight excluding hydrogens is 424 g/mol. The minimum Gasteiger partial charge on any atom is -0.350 e. The number of rotatable bonds is 7. The average Bonchev–Trinajstić information content (AvgIpc) is 3.45. The summed E-state index contributed by atoms with van der Waals surface area (Å²) in [5.41, 5.74) is 0.712. The SMILES string of the molecule is CCn1cc(C(=O)NOCC2CC2)c(Nc2ccc(Br)cc2F)c(F)c1=O. The van der Waals surface area contributed by atoms with E-state index in [2.05, 4.69) is 26.7 Å². The third-order valence-electron chi connectivity index (χ3n) is 4.18. The normalized spacial score (nSPS) is 13.5. The Kier molecular flexibility index (Phi) is 5.91.